The van der Waals surface area contributed by atoms with Gasteiger partial charge in [-0.05, 0) is 0 Å². The molecule has 0 aromatic carbocycles. The van der Waals surface area contributed by atoms with E-state index in [1.807, 2.05) is 0 Å². The lowest BCUT2D eigenvalue weighted by Gasteiger charge is -2.13. The van der Waals surface area contributed by atoms with Crippen molar-refractivity contribution in [2.75, 3.05) is 92.9 Å². The molecule has 0 saturated carbocycles. The van der Waals surface area contributed by atoms with Crippen molar-refractivity contribution in [3.63, 3.8) is 0 Å². The van der Waals surface area contributed by atoms with Crippen LogP contribution in [0.3, 0.4) is 0 Å². The molecule has 0 radical (unpaired) electrons. The van der Waals surface area contributed by atoms with Gasteiger partial charge in [-0.15, -0.1) is 0 Å². The lowest BCUT2D eigenvalue weighted by atomic mass is 10.3. The van der Waals surface area contributed by atoms with Gasteiger partial charge in [-0.1, -0.05) is 0 Å². The van der Waals surface area contributed by atoms with Gasteiger partial charge in [0.15, 0.2) is 0 Å². The van der Waals surface area contributed by atoms with Gasteiger partial charge in [0.1, 0.15) is 0 Å². The van der Waals surface area contributed by atoms with Crippen LogP contribution in [-0.2, 0) is 42.8 Å². The summed E-state index contributed by atoms with van der Waals surface area (Å²) in [5, 5.41) is 2.67. The monoisotopic (exact) mass is 446 g/mol. The molecule has 11 heteroatoms. The highest BCUT2D eigenvalue weighted by Gasteiger charge is 2.23. The Morgan fingerprint density at radius 1 is 0.742 bits per heavy atom. The van der Waals surface area contributed by atoms with E-state index in [-0.39, 0.29) is 30.7 Å². The van der Waals surface area contributed by atoms with Crippen LogP contribution in [-0.4, -0.2) is 115 Å². The van der Waals surface area contributed by atoms with Crippen LogP contribution in [0.1, 0.15) is 6.42 Å². The molecule has 1 rings (SSSR count). The van der Waals surface area contributed by atoms with E-state index in [4.69, 9.17) is 28.4 Å². The van der Waals surface area contributed by atoms with E-state index in [0.29, 0.717) is 79.2 Å². The summed E-state index contributed by atoms with van der Waals surface area (Å²) in [6.45, 7) is 5.74. The molecular formula is C20H34N2O9. The van der Waals surface area contributed by atoms with Crippen molar-refractivity contribution in [2.45, 2.75) is 6.42 Å². The maximum absolute atomic E-state index is 11.7. The van der Waals surface area contributed by atoms with Gasteiger partial charge >= 0.3 is 0 Å². The number of nitrogens with one attached hydrogen (secondary N) is 1. The third kappa shape index (κ3) is 14.7. The van der Waals surface area contributed by atoms with Crippen LogP contribution in [0.4, 0.5) is 0 Å². The Balaban J connectivity index is 1.75. The number of hydrogen-bond acceptors (Lipinski definition) is 9. The summed E-state index contributed by atoms with van der Waals surface area (Å²) in [5.41, 5.74) is 0. The first kappa shape index (κ1) is 27.1. The van der Waals surface area contributed by atoms with E-state index < -0.39 is 0 Å². The summed E-state index contributed by atoms with van der Waals surface area (Å²) >= 11 is 0. The van der Waals surface area contributed by atoms with Crippen molar-refractivity contribution in [1.29, 1.82) is 0 Å². The topological polar surface area (TPSA) is 122 Å². The normalized spacial score (nSPS) is 13.4. The van der Waals surface area contributed by atoms with Crippen molar-refractivity contribution < 1.29 is 42.8 Å². The second-order valence-electron chi connectivity index (χ2n) is 6.32. The van der Waals surface area contributed by atoms with Gasteiger partial charge in [-0.2, -0.15) is 0 Å². The number of carbonyl (C=O) groups excluding carboxylic acids is 3. The molecule has 0 aliphatic carbocycles. The zero-order valence-electron chi connectivity index (χ0n) is 18.2. The molecule has 0 aromatic heterocycles. The quantitative estimate of drug-likeness (QED) is 0.177. The van der Waals surface area contributed by atoms with Crippen LogP contribution in [0.15, 0.2) is 12.2 Å². The molecule has 0 saturated heterocycles. The van der Waals surface area contributed by atoms with Crippen molar-refractivity contribution in [3.8, 4) is 0 Å². The molecule has 0 spiro atoms. The van der Waals surface area contributed by atoms with E-state index in [1.165, 1.54) is 12.2 Å². The van der Waals surface area contributed by atoms with Gasteiger partial charge in [-0.25, -0.2) is 0 Å². The van der Waals surface area contributed by atoms with Crippen LogP contribution in [0.5, 0.6) is 0 Å². The molecule has 11 nitrogen and oxygen atoms in total. The Bertz CT molecular complexity index is 525. The molecule has 0 unspecified atom stereocenters. The predicted octanol–water partition coefficient (Wildman–Crippen LogP) is -0.853. The molecule has 0 fully saturated rings. The van der Waals surface area contributed by atoms with Crippen LogP contribution in [0.2, 0.25) is 0 Å². The van der Waals surface area contributed by atoms with E-state index in [1.54, 1.807) is 7.11 Å². The fourth-order valence-corrected chi connectivity index (χ4v) is 2.34. The number of rotatable bonds is 21. The lowest BCUT2D eigenvalue weighted by Crippen LogP contribution is -2.35. The standard InChI is InChI=1S/C20H34N2O9/c1-26-8-9-28-12-13-30-16-17-31-15-14-29-11-10-27-7-5-21-18(23)4-6-22-19(24)2-3-20(22)25/h2-3H,4-17H2,1H3,(H,21,23). The molecule has 1 aliphatic heterocycles. The van der Waals surface area contributed by atoms with Gasteiger partial charge in [0, 0.05) is 38.8 Å². The van der Waals surface area contributed by atoms with Crippen LogP contribution in [0.25, 0.3) is 0 Å². The molecule has 178 valence electrons. The maximum Gasteiger partial charge on any atom is 0.253 e. The Kier molecular flexibility index (Phi) is 16.5. The number of ether oxygens (including phenoxy) is 6. The van der Waals surface area contributed by atoms with Crippen molar-refractivity contribution >= 4 is 17.7 Å². The fraction of sp³-hybridized carbons (Fsp3) is 0.750. The minimum atomic E-state index is -0.389. The van der Waals surface area contributed by atoms with Crippen LogP contribution >= 0.6 is 0 Å². The largest absolute Gasteiger partial charge is 0.382 e. The van der Waals surface area contributed by atoms with Gasteiger partial charge in [-0.3, -0.25) is 19.3 Å². The third-order valence-corrected chi connectivity index (χ3v) is 3.95. The van der Waals surface area contributed by atoms with Gasteiger partial charge < -0.3 is 33.7 Å². The zero-order valence-corrected chi connectivity index (χ0v) is 18.2. The van der Waals surface area contributed by atoms with E-state index in [9.17, 15) is 14.4 Å². The summed E-state index contributed by atoms with van der Waals surface area (Å²) in [6.07, 6.45) is 2.46. The molecular weight excluding hydrogens is 412 g/mol. The van der Waals surface area contributed by atoms with E-state index >= 15 is 0 Å². The summed E-state index contributed by atoms with van der Waals surface area (Å²) in [5.74, 6) is -1.02. The number of amides is 3. The molecule has 1 N–H and O–H groups in total. The highest BCUT2D eigenvalue weighted by atomic mass is 16.6. The minimum Gasteiger partial charge on any atom is -0.382 e. The Morgan fingerprint density at radius 3 is 1.61 bits per heavy atom. The predicted molar refractivity (Wildman–Crippen MR) is 109 cm³/mol. The molecule has 0 bridgehead atoms. The van der Waals surface area contributed by atoms with E-state index in [2.05, 4.69) is 5.32 Å². The highest BCUT2D eigenvalue weighted by molar-refractivity contribution is 6.13. The Labute approximate surface area is 182 Å². The number of nitrogens with zero attached hydrogens (tertiary/aromatic N) is 1. The fourth-order valence-electron chi connectivity index (χ4n) is 2.34. The van der Waals surface area contributed by atoms with Gasteiger partial charge in [0.25, 0.3) is 11.8 Å². The minimum absolute atomic E-state index is 0.0650. The molecule has 31 heavy (non-hydrogen) atoms. The Hall–Kier alpha value is -1.89. The number of methoxy groups -OCH3 is 1. The van der Waals surface area contributed by atoms with Crippen molar-refractivity contribution in [1.82, 2.24) is 10.2 Å². The first-order valence-corrected chi connectivity index (χ1v) is 10.3. The lowest BCUT2D eigenvalue weighted by molar-refractivity contribution is -0.137. The summed E-state index contributed by atoms with van der Waals surface area (Å²) in [7, 11) is 1.63. The van der Waals surface area contributed by atoms with Crippen LogP contribution < -0.4 is 5.32 Å². The Morgan fingerprint density at radius 2 is 1.16 bits per heavy atom. The van der Waals surface area contributed by atoms with Gasteiger partial charge in [0.05, 0.1) is 72.7 Å². The average Bonchev–Trinajstić information content (AvgIpc) is 3.08. The second-order valence-corrected chi connectivity index (χ2v) is 6.32. The van der Waals surface area contributed by atoms with Crippen molar-refractivity contribution in [3.05, 3.63) is 12.2 Å². The average molecular weight is 446 g/mol. The number of hydrogen-bond donors (Lipinski definition) is 1. The molecule has 0 aromatic rings. The summed E-state index contributed by atoms with van der Waals surface area (Å²) < 4.78 is 31.6. The molecule has 0 atom stereocenters. The summed E-state index contributed by atoms with van der Waals surface area (Å²) in [6, 6.07) is 0. The number of carbonyl (C=O) groups is 3. The second kappa shape index (κ2) is 18.8. The molecule has 1 heterocycles. The first-order chi connectivity index (χ1) is 15.1. The van der Waals surface area contributed by atoms with Crippen molar-refractivity contribution in [2.24, 2.45) is 0 Å². The van der Waals surface area contributed by atoms with Crippen LogP contribution in [0, 0.1) is 0 Å². The molecule has 1 aliphatic rings. The number of imide groups is 1. The zero-order chi connectivity index (χ0) is 22.6. The molecule has 3 amide bonds. The first-order valence-electron chi connectivity index (χ1n) is 10.3. The maximum atomic E-state index is 11.7. The highest BCUT2D eigenvalue weighted by Crippen LogP contribution is 2.03. The smallest absolute Gasteiger partial charge is 0.253 e. The van der Waals surface area contributed by atoms with E-state index in [0.717, 1.165) is 4.90 Å². The summed E-state index contributed by atoms with van der Waals surface area (Å²) in [4.78, 5) is 35.5. The SMILES string of the molecule is COCCOCCOCCOCCOCCOCCNC(=O)CCN1C(=O)C=CC1=O. The third-order valence-electron chi connectivity index (χ3n) is 3.95. The van der Waals surface area contributed by atoms with Gasteiger partial charge in [0.2, 0.25) is 5.91 Å².